The molecule has 0 spiro atoms. The van der Waals surface area contributed by atoms with Crippen LogP contribution < -0.4 is 4.74 Å². The predicted octanol–water partition coefficient (Wildman–Crippen LogP) is 2.84. The van der Waals surface area contributed by atoms with Crippen molar-refractivity contribution in [2.24, 2.45) is 7.05 Å². The molecule has 0 aliphatic heterocycles. The molecule has 1 aromatic heterocycles. The molecule has 0 amide bonds. The third kappa shape index (κ3) is 1.27. The number of hydrogen-bond donors (Lipinski definition) is 0. The molecule has 0 radical (unpaired) electrons. The van der Waals surface area contributed by atoms with Crippen LogP contribution in [0.25, 0.3) is 10.9 Å². The predicted molar refractivity (Wildman–Crippen MR) is 54.5 cm³/mol. The van der Waals surface area contributed by atoms with E-state index in [1.165, 1.54) is 0 Å². The lowest BCUT2D eigenvalue weighted by Crippen LogP contribution is -1.86. The molecule has 0 aliphatic rings. The molecule has 1 aromatic carbocycles. The van der Waals surface area contributed by atoms with Gasteiger partial charge in [-0.25, -0.2) is 0 Å². The van der Waals surface area contributed by atoms with Gasteiger partial charge in [0.2, 0.25) is 0 Å². The number of aromatic nitrogens is 1. The molecule has 2 nitrogen and oxygen atoms in total. The van der Waals surface area contributed by atoms with Gasteiger partial charge in [0, 0.05) is 23.7 Å². The van der Waals surface area contributed by atoms with E-state index in [1.807, 2.05) is 36.0 Å². The summed E-state index contributed by atoms with van der Waals surface area (Å²) >= 11 is 5.94. The first-order valence-corrected chi connectivity index (χ1v) is 4.39. The Balaban J connectivity index is 2.84. The second kappa shape index (κ2) is 2.96. The molecule has 0 fully saturated rings. The lowest BCUT2D eigenvalue weighted by Gasteiger charge is -2.03. The fraction of sp³-hybridized carbons (Fsp3) is 0.200. The fourth-order valence-corrected chi connectivity index (χ4v) is 1.68. The van der Waals surface area contributed by atoms with Crippen LogP contribution in [0, 0.1) is 0 Å². The minimum absolute atomic E-state index is 0.700. The third-order valence-electron chi connectivity index (χ3n) is 2.15. The summed E-state index contributed by atoms with van der Waals surface area (Å²) in [5, 5.41) is 1.79. The number of ether oxygens (including phenoxy) is 1. The molecular formula is C10H10ClNO. The molecule has 0 aliphatic carbocycles. The van der Waals surface area contributed by atoms with Crippen molar-refractivity contribution in [2.45, 2.75) is 0 Å². The first-order valence-electron chi connectivity index (χ1n) is 4.01. The molecule has 3 heteroatoms. The highest BCUT2D eigenvalue weighted by atomic mass is 35.5. The maximum absolute atomic E-state index is 5.94. The van der Waals surface area contributed by atoms with Crippen LogP contribution in [-0.2, 0) is 7.05 Å². The SMILES string of the molecule is COc1cc(Cl)cc2c1ccn2C. The van der Waals surface area contributed by atoms with Crippen LogP contribution in [0.4, 0.5) is 0 Å². The fourth-order valence-electron chi connectivity index (χ4n) is 1.47. The Morgan fingerprint density at radius 2 is 2.15 bits per heavy atom. The summed E-state index contributed by atoms with van der Waals surface area (Å²) < 4.78 is 7.24. The molecule has 0 atom stereocenters. The quantitative estimate of drug-likeness (QED) is 0.683. The van der Waals surface area contributed by atoms with E-state index in [2.05, 4.69) is 0 Å². The average molecular weight is 196 g/mol. The summed E-state index contributed by atoms with van der Waals surface area (Å²) in [6.45, 7) is 0. The highest BCUT2D eigenvalue weighted by Gasteiger charge is 2.05. The minimum atomic E-state index is 0.700. The van der Waals surface area contributed by atoms with Gasteiger partial charge in [-0.2, -0.15) is 0 Å². The standard InChI is InChI=1S/C10H10ClNO/c1-12-4-3-8-9(12)5-7(11)6-10(8)13-2/h3-6H,1-2H3. The van der Waals surface area contributed by atoms with Crippen molar-refractivity contribution in [3.63, 3.8) is 0 Å². The van der Waals surface area contributed by atoms with Crippen molar-refractivity contribution < 1.29 is 4.74 Å². The first-order chi connectivity index (χ1) is 6.22. The Labute approximate surface area is 81.7 Å². The van der Waals surface area contributed by atoms with Gasteiger partial charge in [0.15, 0.2) is 0 Å². The van der Waals surface area contributed by atoms with Crippen LogP contribution in [-0.4, -0.2) is 11.7 Å². The molecule has 0 saturated carbocycles. The second-order valence-electron chi connectivity index (χ2n) is 2.97. The highest BCUT2D eigenvalue weighted by Crippen LogP contribution is 2.29. The second-order valence-corrected chi connectivity index (χ2v) is 3.40. The van der Waals surface area contributed by atoms with Crippen molar-refractivity contribution >= 4 is 22.5 Å². The van der Waals surface area contributed by atoms with E-state index in [0.717, 1.165) is 16.7 Å². The van der Waals surface area contributed by atoms with Gasteiger partial charge in [-0.3, -0.25) is 0 Å². The normalized spacial score (nSPS) is 10.7. The maximum Gasteiger partial charge on any atom is 0.129 e. The van der Waals surface area contributed by atoms with Gasteiger partial charge in [-0.15, -0.1) is 0 Å². The van der Waals surface area contributed by atoms with Gasteiger partial charge in [0.05, 0.1) is 12.6 Å². The molecule has 13 heavy (non-hydrogen) atoms. The van der Waals surface area contributed by atoms with E-state index in [9.17, 15) is 0 Å². The lowest BCUT2D eigenvalue weighted by atomic mass is 10.2. The molecule has 0 unspecified atom stereocenters. The molecule has 2 rings (SSSR count). The number of rotatable bonds is 1. The largest absolute Gasteiger partial charge is 0.496 e. The Bertz CT molecular complexity index is 447. The minimum Gasteiger partial charge on any atom is -0.496 e. The van der Waals surface area contributed by atoms with Crippen molar-refractivity contribution in [3.05, 3.63) is 29.4 Å². The number of benzene rings is 1. The van der Waals surface area contributed by atoms with Crippen molar-refractivity contribution in [2.75, 3.05) is 7.11 Å². The van der Waals surface area contributed by atoms with Gasteiger partial charge < -0.3 is 9.30 Å². The van der Waals surface area contributed by atoms with Crippen LogP contribution >= 0.6 is 11.6 Å². The van der Waals surface area contributed by atoms with E-state index in [1.54, 1.807) is 7.11 Å². The maximum atomic E-state index is 5.94. The number of aryl methyl sites for hydroxylation is 1. The first kappa shape index (κ1) is 8.45. The van der Waals surface area contributed by atoms with Gasteiger partial charge in [0.25, 0.3) is 0 Å². The summed E-state index contributed by atoms with van der Waals surface area (Å²) in [6.07, 6.45) is 1.99. The Morgan fingerprint density at radius 1 is 1.38 bits per heavy atom. The Morgan fingerprint density at radius 3 is 2.85 bits per heavy atom. The summed E-state index contributed by atoms with van der Waals surface area (Å²) in [5.41, 5.74) is 1.09. The third-order valence-corrected chi connectivity index (χ3v) is 2.37. The summed E-state index contributed by atoms with van der Waals surface area (Å²) in [6, 6.07) is 5.77. The molecule has 0 N–H and O–H groups in total. The van der Waals surface area contributed by atoms with Crippen LogP contribution in [0.1, 0.15) is 0 Å². The van der Waals surface area contributed by atoms with Gasteiger partial charge in [0.1, 0.15) is 5.75 Å². The topological polar surface area (TPSA) is 14.2 Å². The van der Waals surface area contributed by atoms with Crippen LogP contribution in [0.15, 0.2) is 24.4 Å². The smallest absolute Gasteiger partial charge is 0.129 e. The van der Waals surface area contributed by atoms with Crippen molar-refractivity contribution in [1.82, 2.24) is 4.57 Å². The van der Waals surface area contributed by atoms with Crippen LogP contribution in [0.2, 0.25) is 5.02 Å². The summed E-state index contributed by atoms with van der Waals surface area (Å²) in [7, 11) is 3.64. The Kier molecular flexibility index (Phi) is 1.93. The van der Waals surface area contributed by atoms with E-state index in [0.29, 0.717) is 5.02 Å². The average Bonchev–Trinajstić information content (AvgIpc) is 2.47. The van der Waals surface area contributed by atoms with E-state index in [-0.39, 0.29) is 0 Å². The molecular weight excluding hydrogens is 186 g/mol. The molecule has 0 saturated heterocycles. The van der Waals surface area contributed by atoms with E-state index < -0.39 is 0 Å². The number of hydrogen-bond acceptors (Lipinski definition) is 1. The summed E-state index contributed by atoms with van der Waals surface area (Å²) in [4.78, 5) is 0. The number of nitrogens with zero attached hydrogens (tertiary/aromatic N) is 1. The van der Waals surface area contributed by atoms with Crippen LogP contribution in [0.3, 0.4) is 0 Å². The van der Waals surface area contributed by atoms with Gasteiger partial charge >= 0.3 is 0 Å². The number of halogens is 1. The van der Waals surface area contributed by atoms with Crippen molar-refractivity contribution in [1.29, 1.82) is 0 Å². The van der Waals surface area contributed by atoms with Gasteiger partial charge in [-0.05, 0) is 18.2 Å². The number of methoxy groups -OCH3 is 1. The zero-order chi connectivity index (χ0) is 9.42. The van der Waals surface area contributed by atoms with E-state index >= 15 is 0 Å². The van der Waals surface area contributed by atoms with E-state index in [4.69, 9.17) is 16.3 Å². The van der Waals surface area contributed by atoms with Crippen LogP contribution in [0.5, 0.6) is 5.75 Å². The zero-order valence-electron chi connectivity index (χ0n) is 7.54. The molecule has 68 valence electrons. The molecule has 2 aromatic rings. The highest BCUT2D eigenvalue weighted by molar-refractivity contribution is 6.31. The molecule has 0 bridgehead atoms. The summed E-state index contributed by atoms with van der Waals surface area (Å²) in [5.74, 6) is 0.822. The Hall–Kier alpha value is -1.15. The lowest BCUT2D eigenvalue weighted by molar-refractivity contribution is 0.420. The molecule has 1 heterocycles. The monoisotopic (exact) mass is 195 g/mol. The van der Waals surface area contributed by atoms with Gasteiger partial charge in [-0.1, -0.05) is 11.6 Å². The number of fused-ring (bicyclic) bond motifs is 1. The van der Waals surface area contributed by atoms with Crippen molar-refractivity contribution in [3.8, 4) is 5.75 Å². The zero-order valence-corrected chi connectivity index (χ0v) is 8.30.